The van der Waals surface area contributed by atoms with Crippen LogP contribution in [-0.4, -0.2) is 24.7 Å². The van der Waals surface area contributed by atoms with Crippen LogP contribution in [0.25, 0.3) is 27.8 Å². The molecule has 0 aliphatic carbocycles. The Kier molecular flexibility index (Phi) is 3.50. The van der Waals surface area contributed by atoms with Crippen molar-refractivity contribution in [3.8, 4) is 5.69 Å². The number of aromatic nitrogens is 5. The Morgan fingerprint density at radius 2 is 1.92 bits per heavy atom. The van der Waals surface area contributed by atoms with Crippen LogP contribution in [0.5, 0.6) is 0 Å². The summed E-state index contributed by atoms with van der Waals surface area (Å²) in [5.41, 5.74) is 1.21. The van der Waals surface area contributed by atoms with Gasteiger partial charge < -0.3 is 0 Å². The molecule has 4 rings (SSSR count). The van der Waals surface area contributed by atoms with E-state index in [2.05, 4.69) is 20.2 Å². The molecule has 0 aliphatic rings. The Morgan fingerprint density at radius 3 is 2.62 bits per heavy atom. The van der Waals surface area contributed by atoms with Crippen molar-refractivity contribution in [3.63, 3.8) is 0 Å². The molecule has 0 fully saturated rings. The monoisotopic (exact) mass is 363 g/mol. The summed E-state index contributed by atoms with van der Waals surface area (Å²) in [6.07, 6.45) is -4.49. The number of imidazole rings is 1. The molecule has 4 aromatic rings. The van der Waals surface area contributed by atoms with Crippen molar-refractivity contribution in [3.05, 3.63) is 47.5 Å². The van der Waals surface area contributed by atoms with E-state index in [0.29, 0.717) is 5.69 Å². The number of pyridine rings is 1. The minimum Gasteiger partial charge on any atom is -0.278 e. The SMILES string of the molecule is Cc1cc(-n2c(C(C)F)nc3ccc(C(F)(F)F)nc32)cc2cn[nH]c12. The summed E-state index contributed by atoms with van der Waals surface area (Å²) in [6, 6.07) is 5.49. The number of alkyl halides is 4. The van der Waals surface area contributed by atoms with Crippen LogP contribution in [0.15, 0.2) is 30.5 Å². The van der Waals surface area contributed by atoms with Crippen LogP contribution < -0.4 is 0 Å². The van der Waals surface area contributed by atoms with E-state index >= 15 is 0 Å². The average molecular weight is 363 g/mol. The largest absolute Gasteiger partial charge is 0.433 e. The van der Waals surface area contributed by atoms with Gasteiger partial charge in [-0.1, -0.05) is 0 Å². The smallest absolute Gasteiger partial charge is 0.278 e. The van der Waals surface area contributed by atoms with Gasteiger partial charge in [0, 0.05) is 5.39 Å². The zero-order valence-electron chi connectivity index (χ0n) is 13.8. The van der Waals surface area contributed by atoms with E-state index in [1.807, 2.05) is 6.92 Å². The third-order valence-electron chi connectivity index (χ3n) is 4.17. The molecule has 26 heavy (non-hydrogen) atoms. The lowest BCUT2D eigenvalue weighted by atomic mass is 10.1. The second-order valence-electron chi connectivity index (χ2n) is 6.06. The molecule has 1 unspecified atom stereocenters. The normalized spacial score (nSPS) is 13.6. The zero-order chi connectivity index (χ0) is 18.6. The molecule has 9 heteroatoms. The topological polar surface area (TPSA) is 59.4 Å². The molecule has 0 radical (unpaired) electrons. The molecule has 5 nitrogen and oxygen atoms in total. The number of hydrogen-bond acceptors (Lipinski definition) is 3. The average Bonchev–Trinajstić information content (AvgIpc) is 3.17. The van der Waals surface area contributed by atoms with Crippen molar-refractivity contribution in [2.24, 2.45) is 0 Å². The fourth-order valence-electron chi connectivity index (χ4n) is 3.00. The first-order chi connectivity index (χ1) is 12.3. The molecule has 134 valence electrons. The Morgan fingerprint density at radius 1 is 1.15 bits per heavy atom. The van der Waals surface area contributed by atoms with Gasteiger partial charge in [0.2, 0.25) is 0 Å². The van der Waals surface area contributed by atoms with E-state index in [1.165, 1.54) is 17.6 Å². The maximum Gasteiger partial charge on any atom is 0.433 e. The number of halogens is 4. The third-order valence-corrected chi connectivity index (χ3v) is 4.17. The van der Waals surface area contributed by atoms with E-state index in [4.69, 9.17) is 0 Å². The van der Waals surface area contributed by atoms with Gasteiger partial charge in [0.05, 0.1) is 17.4 Å². The summed E-state index contributed by atoms with van der Waals surface area (Å²) in [4.78, 5) is 7.85. The maximum atomic E-state index is 14.2. The van der Waals surface area contributed by atoms with Crippen LogP contribution in [0.3, 0.4) is 0 Å². The van der Waals surface area contributed by atoms with Gasteiger partial charge in [0.1, 0.15) is 17.0 Å². The predicted molar refractivity (Wildman–Crippen MR) is 87.8 cm³/mol. The van der Waals surface area contributed by atoms with Gasteiger partial charge >= 0.3 is 6.18 Å². The molecular formula is C17H13F4N5. The molecule has 0 bridgehead atoms. The first-order valence-electron chi connectivity index (χ1n) is 7.80. The predicted octanol–water partition coefficient (Wildman–Crippen LogP) is 4.65. The Hall–Kier alpha value is -2.97. The summed E-state index contributed by atoms with van der Waals surface area (Å²) in [5, 5.41) is 7.57. The van der Waals surface area contributed by atoms with Crippen LogP contribution in [0.2, 0.25) is 0 Å². The highest BCUT2D eigenvalue weighted by atomic mass is 19.4. The van der Waals surface area contributed by atoms with Crippen molar-refractivity contribution in [1.82, 2.24) is 24.7 Å². The Balaban J connectivity index is 2.06. The standard InChI is InChI=1S/C17H13F4N5/c1-8-5-11(6-10-7-22-25-14(8)10)26-15(9(2)18)23-12-3-4-13(17(19,20)21)24-16(12)26/h3-7,9H,1-2H3,(H,22,25). The van der Waals surface area contributed by atoms with Gasteiger partial charge in [0.25, 0.3) is 0 Å². The van der Waals surface area contributed by atoms with E-state index in [1.54, 1.807) is 18.3 Å². The highest BCUT2D eigenvalue weighted by Gasteiger charge is 2.33. The summed E-state index contributed by atoms with van der Waals surface area (Å²) >= 11 is 0. The number of aromatic amines is 1. The summed E-state index contributed by atoms with van der Waals surface area (Å²) in [7, 11) is 0. The number of benzene rings is 1. The Labute approximate surface area is 144 Å². The lowest BCUT2D eigenvalue weighted by molar-refractivity contribution is -0.141. The number of H-pyrrole nitrogens is 1. The maximum absolute atomic E-state index is 14.2. The van der Waals surface area contributed by atoms with Gasteiger partial charge in [-0.15, -0.1) is 0 Å². The second-order valence-corrected chi connectivity index (χ2v) is 6.06. The second kappa shape index (κ2) is 5.52. The number of hydrogen-bond donors (Lipinski definition) is 1. The van der Waals surface area contributed by atoms with Crippen molar-refractivity contribution >= 4 is 22.1 Å². The van der Waals surface area contributed by atoms with Gasteiger partial charge in [-0.2, -0.15) is 18.3 Å². The van der Waals surface area contributed by atoms with Gasteiger partial charge in [-0.05, 0) is 43.7 Å². The summed E-state index contributed by atoms with van der Waals surface area (Å²) in [5.74, 6) is -0.00549. The van der Waals surface area contributed by atoms with Crippen molar-refractivity contribution in [1.29, 1.82) is 0 Å². The first-order valence-corrected chi connectivity index (χ1v) is 7.80. The van der Waals surface area contributed by atoms with Crippen LogP contribution in [-0.2, 0) is 6.18 Å². The summed E-state index contributed by atoms with van der Waals surface area (Å²) < 4.78 is 54.7. The Bertz CT molecular complexity index is 1120. The van der Waals surface area contributed by atoms with Crippen LogP contribution in [0.4, 0.5) is 17.6 Å². The van der Waals surface area contributed by atoms with Crippen molar-refractivity contribution in [2.45, 2.75) is 26.2 Å². The minimum absolute atomic E-state index is 0.00549. The highest BCUT2D eigenvalue weighted by molar-refractivity contribution is 5.85. The van der Waals surface area contributed by atoms with Gasteiger partial charge in [0.15, 0.2) is 11.8 Å². The number of fused-ring (bicyclic) bond motifs is 2. The number of nitrogens with zero attached hydrogens (tertiary/aromatic N) is 4. The first kappa shape index (κ1) is 16.5. The fraction of sp³-hybridized carbons (Fsp3) is 0.235. The van der Waals surface area contributed by atoms with Crippen LogP contribution in [0.1, 0.15) is 30.2 Å². The molecule has 0 spiro atoms. The number of aryl methyl sites for hydroxylation is 1. The minimum atomic E-state index is -4.60. The molecule has 0 saturated carbocycles. The molecule has 0 saturated heterocycles. The van der Waals surface area contributed by atoms with Crippen molar-refractivity contribution in [2.75, 3.05) is 0 Å². The zero-order valence-corrected chi connectivity index (χ0v) is 13.8. The van der Waals surface area contributed by atoms with Crippen LogP contribution in [0, 0.1) is 6.92 Å². The van der Waals surface area contributed by atoms with E-state index in [-0.39, 0.29) is 17.0 Å². The molecular weight excluding hydrogens is 350 g/mol. The number of nitrogens with one attached hydrogen (secondary N) is 1. The molecule has 1 aromatic carbocycles. The molecule has 3 aromatic heterocycles. The van der Waals surface area contributed by atoms with Gasteiger partial charge in [-0.3, -0.25) is 9.67 Å². The van der Waals surface area contributed by atoms with E-state index < -0.39 is 18.0 Å². The van der Waals surface area contributed by atoms with Gasteiger partial charge in [-0.25, -0.2) is 14.4 Å². The highest BCUT2D eigenvalue weighted by Crippen LogP contribution is 2.32. The van der Waals surface area contributed by atoms with Crippen LogP contribution >= 0.6 is 0 Å². The fourth-order valence-corrected chi connectivity index (χ4v) is 3.00. The molecule has 0 aliphatic heterocycles. The third kappa shape index (κ3) is 2.51. The quantitative estimate of drug-likeness (QED) is 0.527. The molecule has 1 N–H and O–H groups in total. The van der Waals surface area contributed by atoms with Crippen molar-refractivity contribution < 1.29 is 17.6 Å². The molecule has 0 amide bonds. The summed E-state index contributed by atoms with van der Waals surface area (Å²) in [6.45, 7) is 3.11. The molecule has 1 atom stereocenters. The lowest BCUT2D eigenvalue weighted by Crippen LogP contribution is -2.09. The lowest BCUT2D eigenvalue weighted by Gasteiger charge is -2.12. The van der Waals surface area contributed by atoms with E-state index in [0.717, 1.165) is 22.5 Å². The van der Waals surface area contributed by atoms with E-state index in [9.17, 15) is 17.6 Å². The number of rotatable bonds is 2. The molecule has 3 heterocycles.